The van der Waals surface area contributed by atoms with Crippen LogP contribution in [0.3, 0.4) is 0 Å². The standard InChI is InChI=1S/C23H30N6O4S/c1-5-25-21(32)28-22-27-17-10-16(18(33-4)11-19(17)34-22)15(12-24)13-26-14(2)29-8-6-23(3,7-9-29)20(30)31/h10-13H,2,5-9,24H2,1,3-4H3,(H,30,31)(H2,25,27,28,32)/b15-12+,26-13-. The van der Waals surface area contributed by atoms with Gasteiger partial charge in [0.1, 0.15) is 11.6 Å². The van der Waals surface area contributed by atoms with E-state index in [1.807, 2.05) is 24.0 Å². The molecule has 1 fully saturated rings. The molecule has 2 aromatic rings. The van der Waals surface area contributed by atoms with Gasteiger partial charge in [-0.2, -0.15) is 0 Å². The van der Waals surface area contributed by atoms with Gasteiger partial charge in [-0.25, -0.2) is 14.8 Å². The van der Waals surface area contributed by atoms with E-state index in [0.717, 1.165) is 4.70 Å². The molecule has 0 radical (unpaired) electrons. The van der Waals surface area contributed by atoms with Gasteiger partial charge in [0.25, 0.3) is 0 Å². The van der Waals surface area contributed by atoms with Crippen molar-refractivity contribution < 1.29 is 19.4 Å². The number of piperidine rings is 1. The van der Waals surface area contributed by atoms with Gasteiger partial charge in [0.15, 0.2) is 5.13 Å². The van der Waals surface area contributed by atoms with E-state index < -0.39 is 11.4 Å². The lowest BCUT2D eigenvalue weighted by atomic mass is 9.80. The maximum atomic E-state index is 11.8. The Kier molecular flexibility index (Phi) is 7.77. The van der Waals surface area contributed by atoms with Gasteiger partial charge in [0.2, 0.25) is 0 Å². The Morgan fingerprint density at radius 3 is 2.71 bits per heavy atom. The zero-order valence-electron chi connectivity index (χ0n) is 19.6. The number of nitrogens with zero attached hydrogens (tertiary/aromatic N) is 3. The molecule has 1 saturated heterocycles. The molecule has 1 aliphatic heterocycles. The number of rotatable bonds is 8. The molecule has 0 saturated carbocycles. The number of aliphatic carboxylic acids is 1. The highest BCUT2D eigenvalue weighted by molar-refractivity contribution is 7.22. The number of ether oxygens (including phenoxy) is 1. The summed E-state index contributed by atoms with van der Waals surface area (Å²) in [5, 5.41) is 15.3. The van der Waals surface area contributed by atoms with Crippen molar-refractivity contribution in [3.63, 3.8) is 0 Å². The van der Waals surface area contributed by atoms with Gasteiger partial charge in [0, 0.05) is 49.3 Å². The van der Waals surface area contributed by atoms with E-state index in [-0.39, 0.29) is 6.03 Å². The van der Waals surface area contributed by atoms with Crippen LogP contribution in [0, 0.1) is 5.41 Å². The van der Waals surface area contributed by atoms with Crippen molar-refractivity contribution in [2.75, 3.05) is 32.1 Å². The molecule has 0 bridgehead atoms. The lowest BCUT2D eigenvalue weighted by molar-refractivity contribution is -0.150. The number of carboxylic acids is 1. The van der Waals surface area contributed by atoms with Crippen LogP contribution >= 0.6 is 11.3 Å². The van der Waals surface area contributed by atoms with Crippen molar-refractivity contribution in [3.8, 4) is 5.75 Å². The van der Waals surface area contributed by atoms with E-state index in [1.165, 1.54) is 17.5 Å². The SMILES string of the molecule is C=C(/N=C\C(=C/N)c1cc2nc(NC(=O)NCC)sc2cc1OC)N1CCC(C)(C(=O)O)CC1. The Balaban J connectivity index is 1.78. The minimum atomic E-state index is -0.775. The summed E-state index contributed by atoms with van der Waals surface area (Å²) in [5.41, 5.74) is 7.18. The number of hydrogen-bond donors (Lipinski definition) is 4. The number of carboxylic acid groups (broad SMARTS) is 1. The molecule has 0 unspecified atom stereocenters. The number of methoxy groups -OCH3 is 1. The number of amides is 2. The smallest absolute Gasteiger partial charge is 0.321 e. The largest absolute Gasteiger partial charge is 0.496 e. The molecule has 3 rings (SSSR count). The fourth-order valence-electron chi connectivity index (χ4n) is 3.61. The number of carbonyl (C=O) groups is 2. The quantitative estimate of drug-likeness (QED) is 0.418. The first kappa shape index (κ1) is 25.0. The summed E-state index contributed by atoms with van der Waals surface area (Å²) in [4.78, 5) is 34.2. The molecule has 1 aromatic carbocycles. The number of likely N-dealkylation sites (tertiary alicyclic amines) is 1. The minimum absolute atomic E-state index is 0.316. The number of thiazole rings is 1. The van der Waals surface area contributed by atoms with Gasteiger partial charge in [-0.05, 0) is 32.8 Å². The number of allylic oxidation sites excluding steroid dienone is 1. The zero-order valence-corrected chi connectivity index (χ0v) is 20.4. The molecular weight excluding hydrogens is 456 g/mol. The first-order chi connectivity index (χ1) is 16.2. The predicted octanol–water partition coefficient (Wildman–Crippen LogP) is 3.47. The first-order valence-electron chi connectivity index (χ1n) is 10.9. The normalized spacial score (nSPS) is 16.0. The summed E-state index contributed by atoms with van der Waals surface area (Å²) >= 11 is 1.34. The van der Waals surface area contributed by atoms with E-state index in [0.29, 0.717) is 65.8 Å². The Morgan fingerprint density at radius 2 is 2.12 bits per heavy atom. The van der Waals surface area contributed by atoms with E-state index in [2.05, 4.69) is 27.2 Å². The van der Waals surface area contributed by atoms with E-state index in [4.69, 9.17) is 10.5 Å². The second-order valence-corrected chi connectivity index (χ2v) is 9.20. The van der Waals surface area contributed by atoms with E-state index in [9.17, 15) is 14.7 Å². The molecule has 0 spiro atoms. The van der Waals surface area contributed by atoms with Crippen molar-refractivity contribution in [2.24, 2.45) is 16.1 Å². The highest BCUT2D eigenvalue weighted by Crippen LogP contribution is 2.35. The third kappa shape index (κ3) is 5.48. The first-order valence-corrected chi connectivity index (χ1v) is 11.7. The van der Waals surface area contributed by atoms with Crippen LogP contribution < -0.4 is 21.1 Å². The number of aliphatic imine (C=N–C) groups is 1. The van der Waals surface area contributed by atoms with Gasteiger partial charge < -0.3 is 25.8 Å². The fourth-order valence-corrected chi connectivity index (χ4v) is 4.48. The maximum Gasteiger partial charge on any atom is 0.321 e. The monoisotopic (exact) mass is 486 g/mol. The number of nitrogens with two attached hydrogens (primary N) is 1. The number of hydrogen-bond acceptors (Lipinski definition) is 8. The van der Waals surface area contributed by atoms with Crippen molar-refractivity contribution in [1.82, 2.24) is 15.2 Å². The van der Waals surface area contributed by atoms with E-state index >= 15 is 0 Å². The highest BCUT2D eigenvalue weighted by Gasteiger charge is 2.37. The topological polar surface area (TPSA) is 142 Å². The van der Waals surface area contributed by atoms with Crippen LogP contribution in [-0.2, 0) is 4.79 Å². The van der Waals surface area contributed by atoms with Crippen molar-refractivity contribution in [1.29, 1.82) is 0 Å². The number of carbonyl (C=O) groups excluding carboxylic acids is 1. The summed E-state index contributed by atoms with van der Waals surface area (Å²) in [6.45, 7) is 9.29. The lowest BCUT2D eigenvalue weighted by Gasteiger charge is -2.37. The zero-order chi connectivity index (χ0) is 24.9. The lowest BCUT2D eigenvalue weighted by Crippen LogP contribution is -2.41. The van der Waals surface area contributed by atoms with Crippen LogP contribution in [0.5, 0.6) is 5.75 Å². The van der Waals surface area contributed by atoms with Gasteiger partial charge in [-0.3, -0.25) is 10.1 Å². The highest BCUT2D eigenvalue weighted by atomic mass is 32.1. The summed E-state index contributed by atoms with van der Waals surface area (Å²) < 4.78 is 6.41. The van der Waals surface area contributed by atoms with Crippen molar-refractivity contribution in [3.05, 3.63) is 36.3 Å². The second kappa shape index (κ2) is 10.6. The molecule has 1 aromatic heterocycles. The Morgan fingerprint density at radius 1 is 1.41 bits per heavy atom. The average Bonchev–Trinajstić information content (AvgIpc) is 3.20. The summed E-state index contributed by atoms with van der Waals surface area (Å²) in [7, 11) is 1.57. The van der Waals surface area contributed by atoms with Crippen LogP contribution in [0.1, 0.15) is 32.3 Å². The van der Waals surface area contributed by atoms with Gasteiger partial charge in [0.05, 0.1) is 22.7 Å². The fraction of sp³-hybridized carbons (Fsp3) is 0.391. The molecule has 1 aliphatic rings. The van der Waals surface area contributed by atoms with Crippen LogP contribution in [0.25, 0.3) is 15.8 Å². The summed E-state index contributed by atoms with van der Waals surface area (Å²) in [6, 6.07) is 3.36. The summed E-state index contributed by atoms with van der Waals surface area (Å²) in [6.07, 6.45) is 4.09. The molecule has 11 heteroatoms. The van der Waals surface area contributed by atoms with Crippen LogP contribution in [0.2, 0.25) is 0 Å². The molecular formula is C23H30N6O4S. The van der Waals surface area contributed by atoms with Crippen LogP contribution in [-0.4, -0.2) is 59.9 Å². The molecule has 2 heterocycles. The summed E-state index contributed by atoms with van der Waals surface area (Å²) in [5.74, 6) is 0.349. The van der Waals surface area contributed by atoms with Crippen molar-refractivity contribution >= 4 is 50.5 Å². The van der Waals surface area contributed by atoms with E-state index in [1.54, 1.807) is 20.2 Å². The molecule has 2 amide bonds. The minimum Gasteiger partial charge on any atom is -0.496 e. The maximum absolute atomic E-state index is 11.8. The molecule has 10 nitrogen and oxygen atoms in total. The molecule has 182 valence electrons. The third-order valence-electron chi connectivity index (χ3n) is 5.86. The molecule has 5 N–H and O–H groups in total. The number of benzene rings is 1. The number of aromatic nitrogens is 1. The van der Waals surface area contributed by atoms with Gasteiger partial charge >= 0.3 is 12.0 Å². The Hall–Kier alpha value is -3.60. The van der Waals surface area contributed by atoms with Crippen molar-refractivity contribution in [2.45, 2.75) is 26.7 Å². The number of anilines is 1. The number of urea groups is 1. The van der Waals surface area contributed by atoms with Gasteiger partial charge in [-0.1, -0.05) is 17.9 Å². The molecule has 34 heavy (non-hydrogen) atoms. The predicted molar refractivity (Wildman–Crippen MR) is 135 cm³/mol. The molecule has 0 aliphatic carbocycles. The number of fused-ring (bicyclic) bond motifs is 1. The van der Waals surface area contributed by atoms with Crippen LogP contribution in [0.4, 0.5) is 9.93 Å². The molecule has 0 atom stereocenters. The second-order valence-electron chi connectivity index (χ2n) is 8.17. The Bertz CT molecular complexity index is 1150. The van der Waals surface area contributed by atoms with Gasteiger partial charge in [-0.15, -0.1) is 0 Å². The number of nitrogens with one attached hydrogen (secondary N) is 2. The average molecular weight is 487 g/mol. The van der Waals surface area contributed by atoms with Crippen LogP contribution in [0.15, 0.2) is 35.7 Å². The Labute approximate surface area is 202 Å². The third-order valence-corrected chi connectivity index (χ3v) is 6.79.